The molecule has 1 aromatic rings. The minimum Gasteiger partial charge on any atom is -0.310 e. The molecular formula is C11H10BrF2NO3S. The zero-order chi connectivity index (χ0) is 14.4. The lowest BCUT2D eigenvalue weighted by Gasteiger charge is -2.20. The Morgan fingerprint density at radius 3 is 2.53 bits per heavy atom. The average molecular weight is 354 g/mol. The van der Waals surface area contributed by atoms with Gasteiger partial charge in [-0.3, -0.25) is 4.79 Å². The van der Waals surface area contributed by atoms with Gasteiger partial charge in [-0.2, -0.15) is 8.42 Å². The van der Waals surface area contributed by atoms with Crippen molar-refractivity contribution in [2.45, 2.75) is 18.6 Å². The summed E-state index contributed by atoms with van der Waals surface area (Å²) in [5.41, 5.74) is 0.842. The van der Waals surface area contributed by atoms with E-state index in [1.54, 1.807) is 6.92 Å². The fraction of sp³-hybridized carbons (Fsp3) is 0.364. The molecule has 1 fully saturated rings. The molecule has 0 aromatic heterocycles. The summed E-state index contributed by atoms with van der Waals surface area (Å²) < 4.78 is 48.2. The summed E-state index contributed by atoms with van der Waals surface area (Å²) in [4.78, 5) is 13.0. The number of benzene rings is 1. The van der Waals surface area contributed by atoms with Crippen LogP contribution >= 0.6 is 15.9 Å². The van der Waals surface area contributed by atoms with Gasteiger partial charge in [0.15, 0.2) is 0 Å². The highest BCUT2D eigenvalue weighted by Crippen LogP contribution is 2.35. The van der Waals surface area contributed by atoms with E-state index in [1.807, 2.05) is 0 Å². The van der Waals surface area contributed by atoms with E-state index in [0.717, 1.165) is 0 Å². The molecule has 1 atom stereocenters. The second-order valence-corrected chi connectivity index (χ2v) is 6.83. The SMILES string of the molecule is Cc1cc(F)cc(Br)c1N1CC(S(=O)(=O)F)CC1=O. The van der Waals surface area contributed by atoms with E-state index in [4.69, 9.17) is 0 Å². The Balaban J connectivity index is 2.42. The van der Waals surface area contributed by atoms with E-state index in [2.05, 4.69) is 15.9 Å². The number of hydrogen-bond acceptors (Lipinski definition) is 3. The number of carbonyl (C=O) groups is 1. The summed E-state index contributed by atoms with van der Waals surface area (Å²) >= 11 is 3.13. The summed E-state index contributed by atoms with van der Waals surface area (Å²) in [6.07, 6.45) is -0.401. The first-order chi connectivity index (χ1) is 8.70. The van der Waals surface area contributed by atoms with E-state index in [1.165, 1.54) is 17.0 Å². The molecule has 2 rings (SSSR count). The van der Waals surface area contributed by atoms with Crippen LogP contribution in [0.25, 0.3) is 0 Å². The molecule has 1 unspecified atom stereocenters. The molecule has 1 saturated heterocycles. The zero-order valence-electron chi connectivity index (χ0n) is 9.86. The quantitative estimate of drug-likeness (QED) is 0.766. The van der Waals surface area contributed by atoms with Gasteiger partial charge in [0.25, 0.3) is 0 Å². The van der Waals surface area contributed by atoms with Gasteiger partial charge in [-0.1, -0.05) is 0 Å². The van der Waals surface area contributed by atoms with E-state index < -0.39 is 33.6 Å². The van der Waals surface area contributed by atoms with Crippen LogP contribution in [0.15, 0.2) is 16.6 Å². The monoisotopic (exact) mass is 353 g/mol. The third-order valence-electron chi connectivity index (χ3n) is 2.98. The molecule has 4 nitrogen and oxygen atoms in total. The second kappa shape index (κ2) is 4.82. The van der Waals surface area contributed by atoms with E-state index >= 15 is 0 Å². The highest BCUT2D eigenvalue weighted by Gasteiger charge is 2.40. The Hall–Kier alpha value is -1.02. The van der Waals surface area contributed by atoms with Crippen molar-refractivity contribution < 1.29 is 21.5 Å². The first kappa shape index (κ1) is 14.4. The number of anilines is 1. The van der Waals surface area contributed by atoms with Crippen LogP contribution < -0.4 is 4.90 Å². The molecule has 0 bridgehead atoms. The molecule has 8 heteroatoms. The van der Waals surface area contributed by atoms with Crippen molar-refractivity contribution in [2.75, 3.05) is 11.4 Å². The van der Waals surface area contributed by atoms with E-state index in [0.29, 0.717) is 15.7 Å². The van der Waals surface area contributed by atoms with Crippen molar-refractivity contribution in [1.82, 2.24) is 0 Å². The average Bonchev–Trinajstić information content (AvgIpc) is 2.59. The Labute approximate surface area is 117 Å². The predicted molar refractivity (Wildman–Crippen MR) is 69.6 cm³/mol. The fourth-order valence-electron chi connectivity index (χ4n) is 2.12. The lowest BCUT2D eigenvalue weighted by atomic mass is 10.2. The van der Waals surface area contributed by atoms with Crippen LogP contribution in [0, 0.1) is 12.7 Å². The van der Waals surface area contributed by atoms with Crippen LogP contribution in [-0.2, 0) is 15.0 Å². The third-order valence-corrected chi connectivity index (χ3v) is 4.69. The molecule has 0 spiro atoms. The predicted octanol–water partition coefficient (Wildman–Crippen LogP) is 2.30. The van der Waals surface area contributed by atoms with Crippen molar-refractivity contribution in [3.63, 3.8) is 0 Å². The van der Waals surface area contributed by atoms with Gasteiger partial charge in [0.1, 0.15) is 11.1 Å². The first-order valence-electron chi connectivity index (χ1n) is 5.39. The fourth-order valence-corrected chi connectivity index (χ4v) is 3.53. The molecule has 0 saturated carbocycles. The summed E-state index contributed by atoms with van der Waals surface area (Å²) in [7, 11) is -4.76. The van der Waals surface area contributed by atoms with E-state index in [9.17, 15) is 21.5 Å². The van der Waals surface area contributed by atoms with Gasteiger partial charge in [0, 0.05) is 17.4 Å². The Morgan fingerprint density at radius 2 is 2.05 bits per heavy atom. The van der Waals surface area contributed by atoms with Gasteiger partial charge in [0.2, 0.25) is 5.91 Å². The molecule has 0 N–H and O–H groups in total. The summed E-state index contributed by atoms with van der Waals surface area (Å²) in [5.74, 6) is -0.976. The molecular weight excluding hydrogens is 344 g/mol. The Kier molecular flexibility index (Phi) is 3.65. The van der Waals surface area contributed by atoms with Gasteiger partial charge >= 0.3 is 10.2 Å². The maximum atomic E-state index is 13.2. The van der Waals surface area contributed by atoms with E-state index in [-0.39, 0.29) is 6.54 Å². The molecule has 0 radical (unpaired) electrons. The second-order valence-electron chi connectivity index (χ2n) is 4.36. The third kappa shape index (κ3) is 2.79. The van der Waals surface area contributed by atoms with Crippen LogP contribution in [0.3, 0.4) is 0 Å². The Morgan fingerprint density at radius 1 is 1.42 bits per heavy atom. The number of rotatable bonds is 2. The number of hydrogen-bond donors (Lipinski definition) is 0. The van der Waals surface area contributed by atoms with Crippen molar-refractivity contribution in [1.29, 1.82) is 0 Å². The minimum atomic E-state index is -4.76. The van der Waals surface area contributed by atoms with Gasteiger partial charge < -0.3 is 4.90 Å². The van der Waals surface area contributed by atoms with Crippen LogP contribution in [-0.4, -0.2) is 26.1 Å². The number of carbonyl (C=O) groups excluding carboxylic acids is 1. The lowest BCUT2D eigenvalue weighted by molar-refractivity contribution is -0.117. The Bertz CT molecular complexity index is 624. The summed E-state index contributed by atoms with van der Waals surface area (Å²) in [6, 6.07) is 2.40. The van der Waals surface area contributed by atoms with Gasteiger partial charge in [-0.15, -0.1) is 3.89 Å². The van der Waals surface area contributed by atoms with Crippen LogP contribution in [0.4, 0.5) is 14.0 Å². The number of amides is 1. The maximum Gasteiger partial charge on any atom is 0.307 e. The molecule has 1 aliphatic rings. The zero-order valence-corrected chi connectivity index (χ0v) is 12.3. The minimum absolute atomic E-state index is 0.261. The van der Waals surface area contributed by atoms with Crippen LogP contribution in [0.1, 0.15) is 12.0 Å². The van der Waals surface area contributed by atoms with Gasteiger partial charge in [0.05, 0.1) is 5.69 Å². The number of aryl methyl sites for hydroxylation is 1. The van der Waals surface area contributed by atoms with Crippen LogP contribution in [0.2, 0.25) is 0 Å². The summed E-state index contributed by atoms with van der Waals surface area (Å²) in [6.45, 7) is 1.33. The standard InChI is InChI=1S/C11H10BrF2NO3S/c1-6-2-7(13)3-9(12)11(6)15-5-8(4-10(15)16)19(14,17)18/h2-3,8H,4-5H2,1H3. The van der Waals surface area contributed by atoms with Crippen molar-refractivity contribution in [3.8, 4) is 0 Å². The first-order valence-corrected chi connectivity index (χ1v) is 7.63. The normalized spacial score (nSPS) is 20.1. The lowest BCUT2D eigenvalue weighted by Crippen LogP contribution is -2.28. The highest BCUT2D eigenvalue weighted by atomic mass is 79.9. The molecule has 0 aliphatic carbocycles. The maximum absolute atomic E-state index is 13.2. The summed E-state index contributed by atoms with van der Waals surface area (Å²) in [5, 5.41) is -1.36. The van der Waals surface area contributed by atoms with Crippen LogP contribution in [0.5, 0.6) is 0 Å². The molecule has 104 valence electrons. The molecule has 1 aliphatic heterocycles. The number of nitrogens with zero attached hydrogens (tertiary/aromatic N) is 1. The highest BCUT2D eigenvalue weighted by molar-refractivity contribution is 9.10. The smallest absolute Gasteiger partial charge is 0.307 e. The van der Waals surface area contributed by atoms with Crippen molar-refractivity contribution in [3.05, 3.63) is 28.0 Å². The molecule has 1 amide bonds. The van der Waals surface area contributed by atoms with Gasteiger partial charge in [-0.25, -0.2) is 4.39 Å². The molecule has 1 heterocycles. The van der Waals surface area contributed by atoms with Crippen molar-refractivity contribution in [2.24, 2.45) is 0 Å². The number of halogens is 3. The topological polar surface area (TPSA) is 54.5 Å². The molecule has 1 aromatic carbocycles. The largest absolute Gasteiger partial charge is 0.310 e. The van der Waals surface area contributed by atoms with Gasteiger partial charge in [-0.05, 0) is 40.5 Å². The van der Waals surface area contributed by atoms with Crippen molar-refractivity contribution >= 4 is 37.7 Å². The molecule has 19 heavy (non-hydrogen) atoms.